The molecule has 6 nitrogen and oxygen atoms in total. The zero-order valence-electron chi connectivity index (χ0n) is 49.0. The van der Waals surface area contributed by atoms with Crippen LogP contribution in [0.25, 0.3) is 121 Å². The second-order valence-corrected chi connectivity index (χ2v) is 23.3. The molecule has 0 aliphatic heterocycles. The van der Waals surface area contributed by atoms with Gasteiger partial charge in [0.25, 0.3) is 0 Å². The second kappa shape index (κ2) is 20.8. The monoisotopic (exact) mass is 1150 g/mol. The van der Waals surface area contributed by atoms with Crippen molar-refractivity contribution in [3.05, 3.63) is 340 Å². The fourth-order valence-corrected chi connectivity index (χ4v) is 14.4. The largest absolute Gasteiger partial charge is 0.310 e. The number of anilines is 6. The Bertz CT molecular complexity index is 4930. The number of fused-ring (bicyclic) bond motifs is 12. The highest BCUT2D eigenvalue weighted by Crippen LogP contribution is 2.44. The van der Waals surface area contributed by atoms with Gasteiger partial charge in [-0.25, -0.2) is 0 Å². The first kappa shape index (κ1) is 51.1. The Balaban J connectivity index is 0.756. The van der Waals surface area contributed by atoms with Crippen LogP contribution in [0.3, 0.4) is 0 Å². The highest BCUT2D eigenvalue weighted by Gasteiger charge is 2.22. The summed E-state index contributed by atoms with van der Waals surface area (Å²) in [4.78, 5) is 4.81. The van der Waals surface area contributed by atoms with Gasteiger partial charge < -0.3 is 28.1 Å². The molecule has 0 saturated carbocycles. The van der Waals surface area contributed by atoms with E-state index >= 15 is 0 Å². The fourth-order valence-electron chi connectivity index (χ4n) is 14.4. The third-order valence-corrected chi connectivity index (χ3v) is 18.3. The van der Waals surface area contributed by atoms with Crippen molar-refractivity contribution >= 4 is 121 Å². The Kier molecular flexibility index (Phi) is 11.8. The van der Waals surface area contributed by atoms with Gasteiger partial charge in [-0.15, -0.1) is 0 Å². The molecule has 0 bridgehead atoms. The quantitative estimate of drug-likeness (QED) is 0.129. The molecule has 0 aliphatic rings. The molecule has 0 spiro atoms. The number of benzene rings is 14. The molecule has 0 N–H and O–H groups in total. The molecule has 0 amide bonds. The summed E-state index contributed by atoms with van der Waals surface area (Å²) in [7, 11) is 0. The summed E-state index contributed by atoms with van der Waals surface area (Å²) in [6.45, 7) is 0. The molecule has 0 aliphatic carbocycles. The molecular formula is C84H56N6. The molecule has 14 aromatic carbocycles. The average Bonchev–Trinajstić information content (AvgIpc) is 2.26. The minimum absolute atomic E-state index is 1.05. The SMILES string of the molecule is c1cc(N(c2ccc(-c3ccc(N(c4cccc(-n5c6ccccc6c6ccccc65)c4)c4cccc(-n5c6ccccc6c6ccccc65)c4)cc3)cc2)c2cccc(-n3c4ccccc4c4ccccc43)c2)cc(-n2c3ccccc3c3ccccc32)c1. The van der Waals surface area contributed by atoms with Crippen LogP contribution in [0.4, 0.5) is 34.1 Å². The van der Waals surface area contributed by atoms with Crippen LogP contribution in [0.2, 0.25) is 0 Å². The lowest BCUT2D eigenvalue weighted by Gasteiger charge is -2.27. The average molecular weight is 1150 g/mol. The Morgan fingerprint density at radius 1 is 0.156 bits per heavy atom. The van der Waals surface area contributed by atoms with Crippen molar-refractivity contribution in [3.8, 4) is 33.9 Å². The number of para-hydroxylation sites is 8. The topological polar surface area (TPSA) is 26.2 Å². The van der Waals surface area contributed by atoms with Crippen LogP contribution in [0.1, 0.15) is 0 Å². The predicted octanol–water partition coefficient (Wildman–Crippen LogP) is 22.7. The highest BCUT2D eigenvalue weighted by molar-refractivity contribution is 6.12. The van der Waals surface area contributed by atoms with Crippen LogP contribution in [0.15, 0.2) is 340 Å². The number of aromatic nitrogens is 4. The molecular weight excluding hydrogens is 1090 g/mol. The van der Waals surface area contributed by atoms with E-state index in [-0.39, 0.29) is 0 Å². The summed E-state index contributed by atoms with van der Waals surface area (Å²) in [5, 5.41) is 9.89. The summed E-state index contributed by atoms with van der Waals surface area (Å²) in [5.41, 5.74) is 22.3. The fraction of sp³-hybridized carbons (Fsp3) is 0. The maximum absolute atomic E-state index is 2.40. The third kappa shape index (κ3) is 8.19. The van der Waals surface area contributed by atoms with E-state index in [0.29, 0.717) is 0 Å². The lowest BCUT2D eigenvalue weighted by Crippen LogP contribution is -2.11. The van der Waals surface area contributed by atoms with E-state index in [1.54, 1.807) is 0 Å². The van der Waals surface area contributed by atoms with Crippen molar-refractivity contribution in [2.24, 2.45) is 0 Å². The van der Waals surface area contributed by atoms with Crippen LogP contribution < -0.4 is 9.80 Å². The molecule has 4 heterocycles. The van der Waals surface area contributed by atoms with Gasteiger partial charge in [0, 0.05) is 100.0 Å². The molecule has 0 unspecified atom stereocenters. The van der Waals surface area contributed by atoms with Gasteiger partial charge >= 0.3 is 0 Å². The summed E-state index contributed by atoms with van der Waals surface area (Å²) >= 11 is 0. The van der Waals surface area contributed by atoms with E-state index in [1.165, 1.54) is 87.2 Å². The van der Waals surface area contributed by atoms with E-state index in [0.717, 1.165) is 68.0 Å². The Morgan fingerprint density at radius 2 is 0.344 bits per heavy atom. The van der Waals surface area contributed by atoms with Crippen LogP contribution in [0, 0.1) is 0 Å². The van der Waals surface area contributed by atoms with E-state index < -0.39 is 0 Å². The van der Waals surface area contributed by atoms with E-state index in [2.05, 4.69) is 368 Å². The van der Waals surface area contributed by atoms with Gasteiger partial charge in [0.2, 0.25) is 0 Å². The minimum atomic E-state index is 1.05. The van der Waals surface area contributed by atoms with Gasteiger partial charge in [0.15, 0.2) is 0 Å². The standard InChI is InChI=1S/C84H56N6/c1-9-37-77-69(29-1)70-30-2-10-38-78(70)87(77)65-25-17-21-61(53-65)85(62-22-18-26-66(54-62)88-79-39-11-3-31-71(79)72-32-4-12-40-80(72)88)59-49-45-57(46-50-59)58-47-51-60(52-48-58)86(63-23-19-27-67(55-63)89-81-41-13-5-33-73(81)74-34-6-14-42-82(74)89)64-24-20-28-68(56-64)90-83-43-15-7-35-75(83)76-36-8-16-44-84(76)90/h1-56H. The second-order valence-electron chi connectivity index (χ2n) is 23.3. The van der Waals surface area contributed by atoms with E-state index in [4.69, 9.17) is 0 Å². The molecule has 0 fully saturated rings. The van der Waals surface area contributed by atoms with Crippen molar-refractivity contribution in [3.63, 3.8) is 0 Å². The van der Waals surface area contributed by atoms with Crippen LogP contribution in [-0.2, 0) is 0 Å². The van der Waals surface area contributed by atoms with Crippen molar-refractivity contribution in [2.75, 3.05) is 9.80 Å². The summed E-state index contributed by atoms with van der Waals surface area (Å²) < 4.78 is 9.61. The highest BCUT2D eigenvalue weighted by atomic mass is 15.2. The van der Waals surface area contributed by atoms with E-state index in [9.17, 15) is 0 Å². The smallest absolute Gasteiger partial charge is 0.0541 e. The van der Waals surface area contributed by atoms with Gasteiger partial charge in [0.1, 0.15) is 0 Å². The Morgan fingerprint density at radius 3 is 0.544 bits per heavy atom. The van der Waals surface area contributed by atoms with Crippen molar-refractivity contribution < 1.29 is 0 Å². The third-order valence-electron chi connectivity index (χ3n) is 18.3. The molecule has 0 saturated heterocycles. The van der Waals surface area contributed by atoms with Crippen molar-refractivity contribution in [2.45, 2.75) is 0 Å². The van der Waals surface area contributed by atoms with Gasteiger partial charge in [0.05, 0.1) is 44.1 Å². The number of hydrogen-bond acceptors (Lipinski definition) is 2. The number of rotatable bonds is 11. The minimum Gasteiger partial charge on any atom is -0.310 e. The normalized spacial score (nSPS) is 11.8. The maximum Gasteiger partial charge on any atom is 0.0541 e. The maximum atomic E-state index is 2.40. The Labute approximate surface area is 520 Å². The summed E-state index contributed by atoms with van der Waals surface area (Å²) in [6.07, 6.45) is 0. The van der Waals surface area contributed by atoms with Gasteiger partial charge in [-0.05, 0) is 157 Å². The Hall–Kier alpha value is -12.1. The van der Waals surface area contributed by atoms with Crippen LogP contribution in [0.5, 0.6) is 0 Å². The van der Waals surface area contributed by atoms with Crippen molar-refractivity contribution in [1.82, 2.24) is 18.3 Å². The first-order valence-corrected chi connectivity index (χ1v) is 30.8. The lowest BCUT2D eigenvalue weighted by atomic mass is 10.0. The summed E-state index contributed by atoms with van der Waals surface area (Å²) in [5.74, 6) is 0. The zero-order chi connectivity index (χ0) is 59.2. The summed E-state index contributed by atoms with van der Waals surface area (Å²) in [6, 6.07) is 124. The van der Waals surface area contributed by atoms with Gasteiger partial charge in [-0.2, -0.15) is 0 Å². The van der Waals surface area contributed by atoms with Crippen molar-refractivity contribution in [1.29, 1.82) is 0 Å². The lowest BCUT2D eigenvalue weighted by molar-refractivity contribution is 1.16. The molecule has 6 heteroatoms. The van der Waals surface area contributed by atoms with Gasteiger partial charge in [-0.3, -0.25) is 0 Å². The first-order chi connectivity index (χ1) is 44.7. The number of nitrogens with zero attached hydrogens (tertiary/aromatic N) is 6. The number of hydrogen-bond donors (Lipinski definition) is 0. The van der Waals surface area contributed by atoms with Gasteiger partial charge in [-0.1, -0.05) is 194 Å². The molecule has 4 aromatic heterocycles. The van der Waals surface area contributed by atoms with Crippen LogP contribution in [-0.4, -0.2) is 18.3 Å². The molecule has 0 atom stereocenters. The molecule has 18 rings (SSSR count). The zero-order valence-corrected chi connectivity index (χ0v) is 49.0. The molecule has 90 heavy (non-hydrogen) atoms. The predicted molar refractivity (Wildman–Crippen MR) is 379 cm³/mol. The molecule has 0 radical (unpaired) electrons. The van der Waals surface area contributed by atoms with Crippen LogP contribution >= 0.6 is 0 Å². The first-order valence-electron chi connectivity index (χ1n) is 30.8. The molecule has 18 aromatic rings. The molecule has 422 valence electrons. The van der Waals surface area contributed by atoms with E-state index in [1.807, 2.05) is 0 Å².